The SMILES string of the molecule is Cc1cc(CNC(=O)N[C@H](C)c2ccc(C(F)(F)F)cc2)on1. The van der Waals surface area contributed by atoms with Crippen molar-refractivity contribution < 1.29 is 22.5 Å². The third kappa shape index (κ3) is 4.73. The van der Waals surface area contributed by atoms with E-state index < -0.39 is 23.8 Å². The van der Waals surface area contributed by atoms with E-state index in [4.69, 9.17) is 4.52 Å². The van der Waals surface area contributed by atoms with Crippen molar-refractivity contribution in [2.45, 2.75) is 32.6 Å². The van der Waals surface area contributed by atoms with Crippen molar-refractivity contribution in [2.75, 3.05) is 0 Å². The van der Waals surface area contributed by atoms with Gasteiger partial charge in [-0.1, -0.05) is 17.3 Å². The molecule has 0 aliphatic carbocycles. The monoisotopic (exact) mass is 327 g/mol. The molecule has 0 saturated carbocycles. The zero-order valence-corrected chi connectivity index (χ0v) is 12.6. The van der Waals surface area contributed by atoms with Gasteiger partial charge in [0.05, 0.1) is 23.8 Å². The summed E-state index contributed by atoms with van der Waals surface area (Å²) >= 11 is 0. The molecule has 0 saturated heterocycles. The van der Waals surface area contributed by atoms with E-state index >= 15 is 0 Å². The zero-order valence-electron chi connectivity index (χ0n) is 12.6. The first kappa shape index (κ1) is 16.9. The Morgan fingerprint density at radius 1 is 1.30 bits per heavy atom. The quantitative estimate of drug-likeness (QED) is 0.902. The van der Waals surface area contributed by atoms with E-state index in [1.165, 1.54) is 12.1 Å². The molecule has 0 aliphatic heterocycles. The minimum absolute atomic E-state index is 0.173. The molecule has 0 bridgehead atoms. The Hall–Kier alpha value is -2.51. The molecule has 5 nitrogen and oxygen atoms in total. The fourth-order valence-corrected chi connectivity index (χ4v) is 1.96. The van der Waals surface area contributed by atoms with Gasteiger partial charge in [0, 0.05) is 6.07 Å². The van der Waals surface area contributed by atoms with Gasteiger partial charge in [-0.05, 0) is 31.5 Å². The van der Waals surface area contributed by atoms with Crippen molar-refractivity contribution in [3.63, 3.8) is 0 Å². The Morgan fingerprint density at radius 3 is 2.48 bits per heavy atom. The van der Waals surface area contributed by atoms with Crippen LogP contribution >= 0.6 is 0 Å². The highest BCUT2D eigenvalue weighted by Crippen LogP contribution is 2.29. The summed E-state index contributed by atoms with van der Waals surface area (Å²) in [5.74, 6) is 0.514. The van der Waals surface area contributed by atoms with E-state index in [2.05, 4.69) is 15.8 Å². The number of nitrogens with zero attached hydrogens (tertiary/aromatic N) is 1. The summed E-state index contributed by atoms with van der Waals surface area (Å²) in [6, 6.07) is 5.46. The maximum absolute atomic E-state index is 12.5. The van der Waals surface area contributed by atoms with Crippen LogP contribution in [0.4, 0.5) is 18.0 Å². The number of alkyl halides is 3. The smallest absolute Gasteiger partial charge is 0.359 e. The van der Waals surface area contributed by atoms with Gasteiger partial charge in [0.15, 0.2) is 5.76 Å². The van der Waals surface area contributed by atoms with E-state index in [0.717, 1.165) is 12.1 Å². The predicted molar refractivity (Wildman–Crippen MR) is 76.5 cm³/mol. The topological polar surface area (TPSA) is 67.2 Å². The van der Waals surface area contributed by atoms with Gasteiger partial charge in [-0.25, -0.2) is 4.79 Å². The zero-order chi connectivity index (χ0) is 17.0. The lowest BCUT2D eigenvalue weighted by Crippen LogP contribution is -2.36. The van der Waals surface area contributed by atoms with E-state index in [1.54, 1.807) is 19.9 Å². The number of nitrogens with one attached hydrogen (secondary N) is 2. The number of hydrogen-bond acceptors (Lipinski definition) is 3. The highest BCUT2D eigenvalue weighted by molar-refractivity contribution is 5.74. The molecular formula is C15H16F3N3O2. The molecule has 2 amide bonds. The Bertz CT molecular complexity index is 665. The van der Waals surface area contributed by atoms with Crippen LogP contribution in [-0.4, -0.2) is 11.2 Å². The molecule has 0 fully saturated rings. The molecule has 1 atom stereocenters. The van der Waals surface area contributed by atoms with Crippen LogP contribution in [0.15, 0.2) is 34.9 Å². The molecule has 1 heterocycles. The van der Waals surface area contributed by atoms with Gasteiger partial charge in [-0.3, -0.25) is 0 Å². The number of aromatic nitrogens is 1. The second-order valence-electron chi connectivity index (χ2n) is 5.10. The first-order valence-corrected chi connectivity index (χ1v) is 6.89. The van der Waals surface area contributed by atoms with Crippen molar-refractivity contribution in [1.29, 1.82) is 0 Å². The van der Waals surface area contributed by atoms with Crippen molar-refractivity contribution >= 4 is 6.03 Å². The van der Waals surface area contributed by atoms with Crippen LogP contribution in [0, 0.1) is 6.92 Å². The van der Waals surface area contributed by atoms with Crippen molar-refractivity contribution in [3.8, 4) is 0 Å². The molecule has 0 spiro atoms. The van der Waals surface area contributed by atoms with Gasteiger partial charge in [0.1, 0.15) is 0 Å². The lowest BCUT2D eigenvalue weighted by molar-refractivity contribution is -0.137. The Morgan fingerprint density at radius 2 is 1.96 bits per heavy atom. The standard InChI is InChI=1S/C15H16F3N3O2/c1-9-7-13(23-21-9)8-19-14(22)20-10(2)11-3-5-12(6-4-11)15(16,17)18/h3-7,10H,8H2,1-2H3,(H2,19,20,22)/t10-/m1/s1. The second kappa shape index (κ2) is 6.72. The number of carbonyl (C=O) groups excluding carboxylic acids is 1. The molecule has 23 heavy (non-hydrogen) atoms. The maximum atomic E-state index is 12.5. The van der Waals surface area contributed by atoms with Gasteiger partial charge in [-0.15, -0.1) is 0 Å². The molecule has 2 N–H and O–H groups in total. The Labute approximate surface area is 130 Å². The minimum atomic E-state index is -4.37. The average Bonchev–Trinajstić information content (AvgIpc) is 2.90. The van der Waals surface area contributed by atoms with Crippen LogP contribution in [0.3, 0.4) is 0 Å². The van der Waals surface area contributed by atoms with Crippen molar-refractivity contribution in [1.82, 2.24) is 15.8 Å². The lowest BCUT2D eigenvalue weighted by atomic mass is 10.1. The normalized spacial score (nSPS) is 12.7. The largest absolute Gasteiger partial charge is 0.416 e. The van der Waals surface area contributed by atoms with Crippen LogP contribution in [0.5, 0.6) is 0 Å². The van der Waals surface area contributed by atoms with E-state index in [-0.39, 0.29) is 6.54 Å². The fourth-order valence-electron chi connectivity index (χ4n) is 1.96. The van der Waals surface area contributed by atoms with Crippen molar-refractivity contribution in [2.24, 2.45) is 0 Å². The summed E-state index contributed by atoms with van der Waals surface area (Å²) in [6.07, 6.45) is -4.37. The summed E-state index contributed by atoms with van der Waals surface area (Å²) in [5, 5.41) is 8.92. The third-order valence-electron chi connectivity index (χ3n) is 3.19. The molecule has 0 aliphatic rings. The van der Waals surface area contributed by atoms with Crippen LogP contribution in [-0.2, 0) is 12.7 Å². The number of urea groups is 1. The van der Waals surface area contributed by atoms with Crippen LogP contribution in [0.2, 0.25) is 0 Å². The summed E-state index contributed by atoms with van der Waals surface area (Å²) in [5.41, 5.74) is 0.558. The van der Waals surface area contributed by atoms with Gasteiger partial charge in [-0.2, -0.15) is 13.2 Å². The van der Waals surface area contributed by atoms with E-state index in [0.29, 0.717) is 17.0 Å². The predicted octanol–water partition coefficient (Wildman–Crippen LogP) is 3.56. The molecule has 8 heteroatoms. The third-order valence-corrected chi connectivity index (χ3v) is 3.19. The number of carbonyl (C=O) groups is 1. The minimum Gasteiger partial charge on any atom is -0.359 e. The Balaban J connectivity index is 1.88. The molecule has 1 aromatic carbocycles. The summed E-state index contributed by atoms with van der Waals surface area (Å²) in [4.78, 5) is 11.8. The molecule has 1 aromatic heterocycles. The Kier molecular flexibility index (Phi) is 4.92. The maximum Gasteiger partial charge on any atom is 0.416 e. The van der Waals surface area contributed by atoms with Crippen LogP contribution in [0.25, 0.3) is 0 Å². The number of aryl methyl sites for hydroxylation is 1. The lowest BCUT2D eigenvalue weighted by Gasteiger charge is -2.15. The van der Waals surface area contributed by atoms with Gasteiger partial charge >= 0.3 is 12.2 Å². The number of benzene rings is 1. The van der Waals surface area contributed by atoms with Crippen molar-refractivity contribution in [3.05, 3.63) is 52.9 Å². The first-order valence-electron chi connectivity index (χ1n) is 6.89. The summed E-state index contributed by atoms with van der Waals surface area (Å²) in [7, 11) is 0. The summed E-state index contributed by atoms with van der Waals surface area (Å²) in [6.45, 7) is 3.62. The molecular weight excluding hydrogens is 311 g/mol. The molecule has 0 unspecified atom stereocenters. The van der Waals surface area contributed by atoms with E-state index in [9.17, 15) is 18.0 Å². The summed E-state index contributed by atoms with van der Waals surface area (Å²) < 4.78 is 42.5. The number of rotatable bonds is 4. The second-order valence-corrected chi connectivity index (χ2v) is 5.10. The molecule has 124 valence electrons. The number of halogens is 3. The van der Waals surface area contributed by atoms with E-state index in [1.807, 2.05) is 0 Å². The first-order chi connectivity index (χ1) is 10.8. The van der Waals surface area contributed by atoms with Gasteiger partial charge in [0.2, 0.25) is 0 Å². The number of hydrogen-bond donors (Lipinski definition) is 2. The molecule has 2 aromatic rings. The van der Waals surface area contributed by atoms with Crippen LogP contribution in [0.1, 0.15) is 35.5 Å². The molecule has 0 radical (unpaired) electrons. The highest BCUT2D eigenvalue weighted by atomic mass is 19.4. The fraction of sp³-hybridized carbons (Fsp3) is 0.333. The van der Waals surface area contributed by atoms with Crippen LogP contribution < -0.4 is 10.6 Å². The average molecular weight is 327 g/mol. The highest BCUT2D eigenvalue weighted by Gasteiger charge is 2.30. The van der Waals surface area contributed by atoms with Gasteiger partial charge < -0.3 is 15.2 Å². The molecule has 2 rings (SSSR count). The van der Waals surface area contributed by atoms with Gasteiger partial charge in [0.25, 0.3) is 0 Å². The number of amides is 2.